The lowest BCUT2D eigenvalue weighted by atomic mass is 9.75. The van der Waals surface area contributed by atoms with E-state index >= 15 is 0 Å². The van der Waals surface area contributed by atoms with E-state index in [1.807, 2.05) is 30.2 Å². The van der Waals surface area contributed by atoms with Gasteiger partial charge in [0.05, 0.1) is 12.8 Å². The Morgan fingerprint density at radius 2 is 2.12 bits per heavy atom. The maximum absolute atomic E-state index is 6.00. The van der Waals surface area contributed by atoms with Crippen molar-refractivity contribution >= 4 is 0 Å². The summed E-state index contributed by atoms with van der Waals surface area (Å²) >= 11 is 0. The summed E-state index contributed by atoms with van der Waals surface area (Å²) in [4.78, 5) is 9.26. The number of hydrogen-bond donors (Lipinski definition) is 0. The molecule has 1 atom stereocenters. The first-order valence-electron chi connectivity index (χ1n) is 9.51. The highest BCUT2D eigenvalue weighted by molar-refractivity contribution is 5.11. The van der Waals surface area contributed by atoms with Gasteiger partial charge in [0.1, 0.15) is 0 Å². The zero-order valence-electron chi connectivity index (χ0n) is 15.8. The van der Waals surface area contributed by atoms with Gasteiger partial charge in [-0.25, -0.2) is 0 Å². The van der Waals surface area contributed by atoms with E-state index < -0.39 is 0 Å². The summed E-state index contributed by atoms with van der Waals surface area (Å²) < 4.78 is 7.88. The lowest BCUT2D eigenvalue weighted by molar-refractivity contribution is -0.0935. The predicted octanol–water partition coefficient (Wildman–Crippen LogP) is 1.93. The predicted molar refractivity (Wildman–Crippen MR) is 100 cm³/mol. The van der Waals surface area contributed by atoms with Gasteiger partial charge in [-0.1, -0.05) is 6.07 Å². The van der Waals surface area contributed by atoms with Crippen LogP contribution in [0.4, 0.5) is 0 Å². The smallest absolute Gasteiger partial charge is 0.0731 e. The van der Waals surface area contributed by atoms with Crippen molar-refractivity contribution in [2.45, 2.75) is 31.5 Å². The number of ether oxygens (including phenoxy) is 1. The second-order valence-corrected chi connectivity index (χ2v) is 8.05. The highest BCUT2D eigenvalue weighted by Gasteiger charge is 2.49. The molecule has 2 aromatic rings. The van der Waals surface area contributed by atoms with Crippen LogP contribution in [-0.2, 0) is 24.9 Å². The second-order valence-electron chi connectivity index (χ2n) is 8.05. The Labute approximate surface area is 155 Å². The standard InChI is InChI=1S/C20H29N5O/c1-23-7-5-17(13-26-14-18-4-3-6-21-9-18)8-20(23)15-25(16-20)12-19-10-22-24(2)11-19/h3-4,6,9-11,17H,5,7-8,12-16H2,1-2H3. The van der Waals surface area contributed by atoms with Crippen LogP contribution < -0.4 is 0 Å². The van der Waals surface area contributed by atoms with Crippen molar-refractivity contribution in [1.29, 1.82) is 0 Å². The van der Waals surface area contributed by atoms with Gasteiger partial charge < -0.3 is 4.74 Å². The Hall–Kier alpha value is -1.76. The van der Waals surface area contributed by atoms with Gasteiger partial charge in [-0.2, -0.15) is 5.10 Å². The number of likely N-dealkylation sites (N-methyl/N-ethyl adjacent to an activating group) is 1. The lowest BCUT2D eigenvalue weighted by Gasteiger charge is -2.58. The Bertz CT molecular complexity index is 710. The van der Waals surface area contributed by atoms with Crippen LogP contribution in [0.5, 0.6) is 0 Å². The molecule has 140 valence electrons. The Morgan fingerprint density at radius 1 is 1.23 bits per heavy atom. The maximum Gasteiger partial charge on any atom is 0.0731 e. The molecule has 2 saturated heterocycles. The first-order valence-corrected chi connectivity index (χ1v) is 9.51. The van der Waals surface area contributed by atoms with Gasteiger partial charge in [-0.15, -0.1) is 0 Å². The molecule has 6 heteroatoms. The van der Waals surface area contributed by atoms with Crippen molar-refractivity contribution in [3.8, 4) is 0 Å². The third-order valence-electron chi connectivity index (χ3n) is 5.90. The minimum Gasteiger partial charge on any atom is -0.376 e. The van der Waals surface area contributed by atoms with Crippen LogP contribution in [0, 0.1) is 5.92 Å². The van der Waals surface area contributed by atoms with Crippen molar-refractivity contribution < 1.29 is 4.74 Å². The topological polar surface area (TPSA) is 46.4 Å². The molecular formula is C20H29N5O. The minimum absolute atomic E-state index is 0.336. The lowest BCUT2D eigenvalue weighted by Crippen LogP contribution is -2.71. The number of pyridine rings is 1. The zero-order chi connectivity index (χ0) is 18.0. The number of nitrogens with zero attached hydrogens (tertiary/aromatic N) is 5. The summed E-state index contributed by atoms with van der Waals surface area (Å²) in [5, 5.41) is 4.28. The fourth-order valence-corrected chi connectivity index (χ4v) is 4.46. The van der Waals surface area contributed by atoms with Crippen LogP contribution in [0.2, 0.25) is 0 Å². The average molecular weight is 355 g/mol. The van der Waals surface area contributed by atoms with Crippen LogP contribution in [0.1, 0.15) is 24.0 Å². The molecule has 0 N–H and O–H groups in total. The molecule has 0 saturated carbocycles. The van der Waals surface area contributed by atoms with Gasteiger partial charge in [0.25, 0.3) is 0 Å². The highest BCUT2D eigenvalue weighted by Crippen LogP contribution is 2.38. The zero-order valence-corrected chi connectivity index (χ0v) is 15.8. The minimum atomic E-state index is 0.336. The van der Waals surface area contributed by atoms with Crippen LogP contribution in [0.15, 0.2) is 36.9 Å². The van der Waals surface area contributed by atoms with Crippen LogP contribution in [-0.4, -0.2) is 63.4 Å². The third kappa shape index (κ3) is 3.82. The van der Waals surface area contributed by atoms with Crippen molar-refractivity contribution in [3.63, 3.8) is 0 Å². The van der Waals surface area contributed by atoms with Crippen LogP contribution in [0.3, 0.4) is 0 Å². The van der Waals surface area contributed by atoms with Crippen LogP contribution >= 0.6 is 0 Å². The van der Waals surface area contributed by atoms with Gasteiger partial charge in [-0.05, 0) is 44.0 Å². The van der Waals surface area contributed by atoms with E-state index in [4.69, 9.17) is 4.74 Å². The summed E-state index contributed by atoms with van der Waals surface area (Å²) in [6, 6.07) is 4.04. The molecule has 2 aromatic heterocycles. The SMILES string of the molecule is CN1CCC(COCc2cccnc2)CC12CN(Cc1cnn(C)c1)C2. The first-order chi connectivity index (χ1) is 12.6. The van der Waals surface area contributed by atoms with Gasteiger partial charge >= 0.3 is 0 Å². The molecule has 0 aliphatic carbocycles. The molecule has 0 bridgehead atoms. The van der Waals surface area contributed by atoms with E-state index in [9.17, 15) is 0 Å². The van der Waals surface area contributed by atoms with Crippen molar-refractivity contribution in [2.24, 2.45) is 13.0 Å². The Balaban J connectivity index is 1.26. The van der Waals surface area contributed by atoms with Crippen molar-refractivity contribution in [2.75, 3.05) is 33.3 Å². The van der Waals surface area contributed by atoms with Crippen LogP contribution in [0.25, 0.3) is 0 Å². The summed E-state index contributed by atoms with van der Waals surface area (Å²) in [6.07, 6.45) is 10.2. The van der Waals surface area contributed by atoms with Crippen molar-refractivity contribution in [3.05, 3.63) is 48.0 Å². The normalized spacial score (nSPS) is 23.2. The average Bonchev–Trinajstić information content (AvgIpc) is 3.02. The number of aryl methyl sites for hydroxylation is 1. The molecule has 4 rings (SSSR count). The second kappa shape index (κ2) is 7.47. The van der Waals surface area contributed by atoms with E-state index in [2.05, 4.69) is 39.2 Å². The molecule has 1 unspecified atom stereocenters. The van der Waals surface area contributed by atoms with Gasteiger partial charge in [-0.3, -0.25) is 19.5 Å². The molecule has 0 aromatic carbocycles. The monoisotopic (exact) mass is 355 g/mol. The van der Waals surface area contributed by atoms with E-state index in [1.165, 1.54) is 24.9 Å². The number of hydrogen-bond acceptors (Lipinski definition) is 5. The van der Waals surface area contributed by atoms with E-state index in [-0.39, 0.29) is 0 Å². The fraction of sp³-hybridized carbons (Fsp3) is 0.600. The molecule has 0 amide bonds. The van der Waals surface area contributed by atoms with Gasteiger partial charge in [0, 0.05) is 63.0 Å². The molecule has 2 aliphatic rings. The molecular weight excluding hydrogens is 326 g/mol. The van der Waals surface area contributed by atoms with Gasteiger partial charge in [0.2, 0.25) is 0 Å². The molecule has 0 radical (unpaired) electrons. The Kier molecular flexibility index (Phi) is 5.07. The Morgan fingerprint density at radius 3 is 2.85 bits per heavy atom. The largest absolute Gasteiger partial charge is 0.376 e. The first kappa shape index (κ1) is 17.6. The number of rotatable bonds is 6. The fourth-order valence-electron chi connectivity index (χ4n) is 4.46. The van der Waals surface area contributed by atoms with Gasteiger partial charge in [0.15, 0.2) is 0 Å². The van der Waals surface area contributed by atoms with E-state index in [1.54, 1.807) is 6.20 Å². The molecule has 2 aliphatic heterocycles. The van der Waals surface area contributed by atoms with Crippen molar-refractivity contribution in [1.82, 2.24) is 24.6 Å². The maximum atomic E-state index is 6.00. The number of aromatic nitrogens is 3. The molecule has 6 nitrogen and oxygen atoms in total. The third-order valence-corrected chi connectivity index (χ3v) is 5.90. The quantitative estimate of drug-likeness (QED) is 0.792. The molecule has 1 spiro atoms. The number of piperidine rings is 1. The van der Waals surface area contributed by atoms with E-state index in [0.29, 0.717) is 18.1 Å². The summed E-state index contributed by atoms with van der Waals surface area (Å²) in [5.41, 5.74) is 2.79. The summed E-state index contributed by atoms with van der Waals surface area (Å²) in [6.45, 7) is 6.00. The molecule has 26 heavy (non-hydrogen) atoms. The molecule has 2 fully saturated rings. The molecule has 4 heterocycles. The summed E-state index contributed by atoms with van der Waals surface area (Å²) in [7, 11) is 4.26. The van der Waals surface area contributed by atoms with E-state index in [0.717, 1.165) is 31.8 Å². The summed E-state index contributed by atoms with van der Waals surface area (Å²) in [5.74, 6) is 0.656. The highest BCUT2D eigenvalue weighted by atomic mass is 16.5. The number of likely N-dealkylation sites (tertiary alicyclic amines) is 2.